The van der Waals surface area contributed by atoms with Crippen LogP contribution in [0.4, 0.5) is 5.69 Å². The van der Waals surface area contributed by atoms with E-state index in [1.165, 1.54) is 42.1 Å². The molecule has 1 aliphatic rings. The molecule has 104 valence electrons. The molecule has 20 heavy (non-hydrogen) atoms. The minimum Gasteiger partial charge on any atom is -0.371 e. The average Bonchev–Trinajstić information content (AvgIpc) is 3.01. The molecular formula is C17H18ClNS. The van der Waals surface area contributed by atoms with Gasteiger partial charge in [-0.3, -0.25) is 0 Å². The molecule has 3 rings (SSSR count). The molecule has 0 amide bonds. The molecule has 0 N–H and O–H groups in total. The SMILES string of the molecule is Clc1ccc(CSc2ccccc2N2CCCC2)cc1. The topological polar surface area (TPSA) is 3.24 Å². The summed E-state index contributed by atoms with van der Waals surface area (Å²) in [6, 6.07) is 16.9. The maximum absolute atomic E-state index is 5.93. The standard InChI is InChI=1S/C17H18ClNS/c18-15-9-7-14(8-10-15)13-20-17-6-2-1-5-16(17)19-11-3-4-12-19/h1-2,5-10H,3-4,11-13H2. The Hall–Kier alpha value is -1.12. The molecular weight excluding hydrogens is 286 g/mol. The molecule has 1 heterocycles. The van der Waals surface area contributed by atoms with Crippen molar-refractivity contribution in [2.24, 2.45) is 0 Å². The number of nitrogens with zero attached hydrogens (tertiary/aromatic N) is 1. The van der Waals surface area contributed by atoms with Gasteiger partial charge in [0.25, 0.3) is 0 Å². The first-order valence-electron chi connectivity index (χ1n) is 7.04. The molecule has 0 bridgehead atoms. The Morgan fingerprint density at radius 3 is 2.40 bits per heavy atom. The van der Waals surface area contributed by atoms with Crippen molar-refractivity contribution < 1.29 is 0 Å². The molecule has 2 aromatic rings. The first-order valence-corrected chi connectivity index (χ1v) is 8.40. The molecule has 0 saturated carbocycles. The second-order valence-electron chi connectivity index (χ2n) is 5.08. The molecule has 0 aromatic heterocycles. The lowest BCUT2D eigenvalue weighted by Gasteiger charge is -2.20. The normalized spacial score (nSPS) is 14.8. The quantitative estimate of drug-likeness (QED) is 0.711. The number of hydrogen-bond acceptors (Lipinski definition) is 2. The fourth-order valence-corrected chi connectivity index (χ4v) is 3.70. The average molecular weight is 304 g/mol. The number of rotatable bonds is 4. The third-order valence-corrected chi connectivity index (χ3v) is 5.01. The minimum absolute atomic E-state index is 0.802. The number of benzene rings is 2. The molecule has 0 spiro atoms. The van der Waals surface area contributed by atoms with Crippen LogP contribution in [-0.4, -0.2) is 13.1 Å². The lowest BCUT2D eigenvalue weighted by Crippen LogP contribution is -2.18. The predicted molar refractivity (Wildman–Crippen MR) is 88.9 cm³/mol. The molecule has 1 saturated heterocycles. The molecule has 0 aliphatic carbocycles. The van der Waals surface area contributed by atoms with Gasteiger partial charge in [-0.2, -0.15) is 0 Å². The van der Waals surface area contributed by atoms with Crippen molar-refractivity contribution in [3.63, 3.8) is 0 Å². The van der Waals surface area contributed by atoms with Gasteiger partial charge < -0.3 is 4.90 Å². The van der Waals surface area contributed by atoms with Gasteiger partial charge in [-0.1, -0.05) is 35.9 Å². The van der Waals surface area contributed by atoms with Crippen LogP contribution in [-0.2, 0) is 5.75 Å². The molecule has 1 nitrogen and oxygen atoms in total. The third kappa shape index (κ3) is 3.31. The van der Waals surface area contributed by atoms with E-state index in [-0.39, 0.29) is 0 Å². The van der Waals surface area contributed by atoms with Crippen LogP contribution in [0.1, 0.15) is 18.4 Å². The van der Waals surface area contributed by atoms with Crippen LogP contribution in [0.5, 0.6) is 0 Å². The molecule has 3 heteroatoms. The third-order valence-electron chi connectivity index (χ3n) is 3.62. The summed E-state index contributed by atoms with van der Waals surface area (Å²) in [5.41, 5.74) is 2.71. The zero-order valence-electron chi connectivity index (χ0n) is 11.4. The number of halogens is 1. The Kier molecular flexibility index (Phi) is 4.54. The lowest BCUT2D eigenvalue weighted by atomic mass is 10.2. The summed E-state index contributed by atoms with van der Waals surface area (Å²) in [6.07, 6.45) is 2.63. The van der Waals surface area contributed by atoms with Crippen LogP contribution in [0.2, 0.25) is 5.02 Å². The maximum atomic E-state index is 5.93. The smallest absolute Gasteiger partial charge is 0.0504 e. The highest BCUT2D eigenvalue weighted by Crippen LogP contribution is 2.34. The van der Waals surface area contributed by atoms with Crippen LogP contribution < -0.4 is 4.90 Å². The lowest BCUT2D eigenvalue weighted by molar-refractivity contribution is 0.949. The van der Waals surface area contributed by atoms with Crippen LogP contribution in [0, 0.1) is 0 Å². The van der Waals surface area contributed by atoms with Crippen molar-refractivity contribution in [1.82, 2.24) is 0 Å². The monoisotopic (exact) mass is 303 g/mol. The summed E-state index contributed by atoms with van der Waals surface area (Å²) in [6.45, 7) is 2.39. The molecule has 2 aromatic carbocycles. The number of para-hydroxylation sites is 1. The second kappa shape index (κ2) is 6.55. The molecule has 0 unspecified atom stereocenters. The van der Waals surface area contributed by atoms with Gasteiger partial charge in [0.1, 0.15) is 0 Å². The first-order chi connectivity index (χ1) is 9.83. The van der Waals surface area contributed by atoms with Gasteiger partial charge in [0.05, 0.1) is 5.69 Å². The van der Waals surface area contributed by atoms with Gasteiger partial charge in [-0.15, -0.1) is 11.8 Å². The largest absolute Gasteiger partial charge is 0.371 e. The molecule has 0 atom stereocenters. The van der Waals surface area contributed by atoms with E-state index >= 15 is 0 Å². The van der Waals surface area contributed by atoms with E-state index in [0.29, 0.717) is 0 Å². The van der Waals surface area contributed by atoms with Crippen LogP contribution in [0.3, 0.4) is 0 Å². The molecule has 1 fully saturated rings. The zero-order chi connectivity index (χ0) is 13.8. The van der Waals surface area contributed by atoms with Crippen molar-refractivity contribution in [1.29, 1.82) is 0 Å². The second-order valence-corrected chi connectivity index (χ2v) is 6.53. The Morgan fingerprint density at radius 1 is 0.950 bits per heavy atom. The van der Waals surface area contributed by atoms with E-state index in [4.69, 9.17) is 11.6 Å². The summed E-state index contributed by atoms with van der Waals surface area (Å²) in [4.78, 5) is 3.88. The van der Waals surface area contributed by atoms with Crippen LogP contribution >= 0.6 is 23.4 Å². The van der Waals surface area contributed by atoms with Crippen molar-refractivity contribution in [2.75, 3.05) is 18.0 Å². The Labute approximate surface area is 129 Å². The predicted octanol–water partition coefficient (Wildman–Crippen LogP) is 5.23. The van der Waals surface area contributed by atoms with Gasteiger partial charge >= 0.3 is 0 Å². The van der Waals surface area contributed by atoms with Crippen molar-refractivity contribution in [3.05, 3.63) is 59.1 Å². The van der Waals surface area contributed by atoms with E-state index in [0.717, 1.165) is 10.8 Å². The highest BCUT2D eigenvalue weighted by molar-refractivity contribution is 7.98. The first kappa shape index (κ1) is 13.8. The molecule has 0 radical (unpaired) electrons. The Bertz CT molecular complexity index is 561. The van der Waals surface area contributed by atoms with Gasteiger partial charge in [0.15, 0.2) is 0 Å². The number of hydrogen-bond donors (Lipinski definition) is 0. The Morgan fingerprint density at radius 2 is 1.65 bits per heavy atom. The van der Waals surface area contributed by atoms with Crippen LogP contribution in [0.25, 0.3) is 0 Å². The summed E-state index contributed by atoms with van der Waals surface area (Å²) >= 11 is 7.83. The van der Waals surface area contributed by atoms with Gasteiger partial charge in [-0.25, -0.2) is 0 Å². The number of thioether (sulfide) groups is 1. The van der Waals surface area contributed by atoms with Crippen molar-refractivity contribution >= 4 is 29.1 Å². The zero-order valence-corrected chi connectivity index (χ0v) is 13.0. The summed E-state index contributed by atoms with van der Waals surface area (Å²) in [5, 5.41) is 0.802. The number of anilines is 1. The van der Waals surface area contributed by atoms with E-state index in [2.05, 4.69) is 41.3 Å². The Balaban J connectivity index is 1.72. The molecule has 1 aliphatic heterocycles. The summed E-state index contributed by atoms with van der Waals surface area (Å²) in [7, 11) is 0. The highest BCUT2D eigenvalue weighted by Gasteiger charge is 2.15. The summed E-state index contributed by atoms with van der Waals surface area (Å²) < 4.78 is 0. The van der Waals surface area contributed by atoms with Gasteiger partial charge in [-0.05, 0) is 42.7 Å². The van der Waals surface area contributed by atoms with E-state index in [1.54, 1.807) is 0 Å². The maximum Gasteiger partial charge on any atom is 0.0504 e. The van der Waals surface area contributed by atoms with E-state index < -0.39 is 0 Å². The minimum atomic E-state index is 0.802. The van der Waals surface area contributed by atoms with Crippen molar-refractivity contribution in [3.8, 4) is 0 Å². The van der Waals surface area contributed by atoms with E-state index in [9.17, 15) is 0 Å². The van der Waals surface area contributed by atoms with Crippen molar-refractivity contribution in [2.45, 2.75) is 23.5 Å². The fourth-order valence-electron chi connectivity index (χ4n) is 2.54. The fraction of sp³-hybridized carbons (Fsp3) is 0.294. The summed E-state index contributed by atoms with van der Waals surface area (Å²) in [5.74, 6) is 0.988. The van der Waals surface area contributed by atoms with Gasteiger partial charge in [0.2, 0.25) is 0 Å². The van der Waals surface area contributed by atoms with Gasteiger partial charge in [0, 0.05) is 28.8 Å². The van der Waals surface area contributed by atoms with E-state index in [1.807, 2.05) is 23.9 Å². The van der Waals surface area contributed by atoms with Crippen LogP contribution in [0.15, 0.2) is 53.4 Å². The highest BCUT2D eigenvalue weighted by atomic mass is 35.5.